The molecule has 1 aliphatic heterocycles. The lowest BCUT2D eigenvalue weighted by atomic mass is 9.97. The van der Waals surface area contributed by atoms with E-state index >= 15 is 0 Å². The van der Waals surface area contributed by atoms with Crippen LogP contribution in [0, 0.1) is 0 Å². The number of hydrogen-bond acceptors (Lipinski definition) is 3. The summed E-state index contributed by atoms with van der Waals surface area (Å²) in [5.41, 5.74) is 2.99. The Hall–Kier alpha value is -1.97. The molecule has 0 aliphatic carbocycles. The zero-order valence-corrected chi connectivity index (χ0v) is 8.28. The van der Waals surface area contributed by atoms with Crippen LogP contribution in [0.3, 0.4) is 0 Å². The minimum Gasteiger partial charge on any atom is -0.329 e. The van der Waals surface area contributed by atoms with E-state index in [0.717, 1.165) is 11.3 Å². The topological polar surface area (TPSA) is 58.5 Å². The van der Waals surface area contributed by atoms with Crippen LogP contribution >= 0.6 is 0 Å². The number of Topliss-reactive ketones (excluding diaryl/α,β-unsaturated/α-hetero) is 1. The summed E-state index contributed by atoms with van der Waals surface area (Å²) in [4.78, 5) is 25.9. The Morgan fingerprint density at radius 3 is 2.93 bits per heavy atom. The largest absolute Gasteiger partial charge is 0.329 e. The molecule has 4 heteroatoms. The van der Waals surface area contributed by atoms with E-state index < -0.39 is 0 Å². The molecule has 1 aliphatic rings. The lowest BCUT2D eigenvalue weighted by molar-refractivity contribution is -0.105. The Kier molecular flexibility index (Phi) is 2.33. The van der Waals surface area contributed by atoms with Crippen LogP contribution in [0.25, 0.3) is 0 Å². The van der Waals surface area contributed by atoms with E-state index in [1.54, 1.807) is 18.2 Å². The fourth-order valence-electron chi connectivity index (χ4n) is 1.61. The maximum Gasteiger partial charge on any atom is 0.211 e. The monoisotopic (exact) mass is 202 g/mol. The number of rotatable bonds is 2. The van der Waals surface area contributed by atoms with Crippen LogP contribution in [0.4, 0.5) is 5.69 Å². The highest BCUT2D eigenvalue weighted by molar-refractivity contribution is 6.15. The molecule has 2 rings (SSSR count). The summed E-state index contributed by atoms with van der Waals surface area (Å²) in [6.45, 7) is 2.08. The number of anilines is 1. The quantitative estimate of drug-likeness (QED) is 0.734. The van der Waals surface area contributed by atoms with Gasteiger partial charge in [0.1, 0.15) is 6.54 Å². The molecule has 76 valence electrons. The van der Waals surface area contributed by atoms with Gasteiger partial charge in [-0.05, 0) is 25.1 Å². The highest BCUT2D eigenvalue weighted by Crippen LogP contribution is 2.20. The van der Waals surface area contributed by atoms with Crippen molar-refractivity contribution in [1.82, 2.24) is 0 Å². The fourth-order valence-corrected chi connectivity index (χ4v) is 1.61. The predicted octanol–water partition coefficient (Wildman–Crippen LogP) is 1.26. The summed E-state index contributed by atoms with van der Waals surface area (Å²) in [6, 6.07) is 5.20. The second kappa shape index (κ2) is 3.65. The van der Waals surface area contributed by atoms with Crippen LogP contribution in [0.15, 0.2) is 23.2 Å². The predicted molar refractivity (Wildman–Crippen MR) is 57.5 cm³/mol. The lowest BCUT2D eigenvalue weighted by Crippen LogP contribution is -2.17. The third-order valence-corrected chi connectivity index (χ3v) is 2.40. The van der Waals surface area contributed by atoms with Crippen molar-refractivity contribution in [2.45, 2.75) is 6.92 Å². The summed E-state index contributed by atoms with van der Waals surface area (Å²) < 4.78 is 0. The number of nitrogens with one attached hydrogen (secondary N) is 1. The maximum absolute atomic E-state index is 11.5. The van der Waals surface area contributed by atoms with E-state index in [-0.39, 0.29) is 12.3 Å². The number of fused-ring (bicyclic) bond motifs is 1. The van der Waals surface area contributed by atoms with Crippen molar-refractivity contribution in [3.05, 3.63) is 29.3 Å². The van der Waals surface area contributed by atoms with Crippen molar-refractivity contribution in [2.75, 3.05) is 11.9 Å². The third-order valence-electron chi connectivity index (χ3n) is 2.40. The van der Waals surface area contributed by atoms with Crippen LogP contribution in [-0.2, 0) is 4.79 Å². The fraction of sp³-hybridized carbons (Fsp3) is 0.182. The number of benzene rings is 1. The molecule has 1 aromatic rings. The van der Waals surface area contributed by atoms with Crippen LogP contribution in [0.5, 0.6) is 0 Å². The maximum atomic E-state index is 11.5. The first-order valence-electron chi connectivity index (χ1n) is 4.61. The van der Waals surface area contributed by atoms with Crippen molar-refractivity contribution < 1.29 is 9.59 Å². The molecule has 1 amide bonds. The van der Waals surface area contributed by atoms with Gasteiger partial charge in [0, 0.05) is 22.5 Å². The normalized spacial score (nSPS) is 14.2. The molecule has 4 nitrogen and oxygen atoms in total. The Morgan fingerprint density at radius 2 is 2.20 bits per heavy atom. The molecule has 0 saturated carbocycles. The third kappa shape index (κ3) is 1.66. The van der Waals surface area contributed by atoms with Crippen LogP contribution in [0.1, 0.15) is 22.8 Å². The zero-order valence-electron chi connectivity index (χ0n) is 8.28. The molecule has 0 radical (unpaired) electrons. The minimum absolute atomic E-state index is 0.0215. The van der Waals surface area contributed by atoms with Gasteiger partial charge in [-0.15, -0.1) is 0 Å². The van der Waals surface area contributed by atoms with Gasteiger partial charge in [-0.2, -0.15) is 0 Å². The smallest absolute Gasteiger partial charge is 0.211 e. The molecule has 1 aromatic carbocycles. The molecule has 0 atom stereocenters. The molecule has 0 aromatic heterocycles. The highest BCUT2D eigenvalue weighted by Gasteiger charge is 2.17. The molecule has 0 spiro atoms. The number of carbonyl (C=O) groups is 2. The molecule has 0 saturated heterocycles. The van der Waals surface area contributed by atoms with E-state index in [0.29, 0.717) is 17.7 Å². The van der Waals surface area contributed by atoms with E-state index in [1.165, 1.54) is 0 Å². The van der Waals surface area contributed by atoms with Gasteiger partial charge in [-0.25, -0.2) is 0 Å². The first-order chi connectivity index (χ1) is 7.22. The van der Waals surface area contributed by atoms with E-state index in [2.05, 4.69) is 10.3 Å². The molecule has 0 bridgehead atoms. The Balaban J connectivity index is 2.51. The lowest BCUT2D eigenvalue weighted by Gasteiger charge is -2.14. The van der Waals surface area contributed by atoms with Gasteiger partial charge in [-0.3, -0.25) is 14.6 Å². The number of nitrogens with zero attached hydrogens (tertiary/aromatic N) is 1. The van der Waals surface area contributed by atoms with Gasteiger partial charge >= 0.3 is 0 Å². The Morgan fingerprint density at radius 1 is 1.40 bits per heavy atom. The summed E-state index contributed by atoms with van der Waals surface area (Å²) >= 11 is 0. The van der Waals surface area contributed by atoms with E-state index in [1.807, 2.05) is 6.92 Å². The minimum atomic E-state index is 0.0215. The van der Waals surface area contributed by atoms with Crippen molar-refractivity contribution in [1.29, 1.82) is 0 Å². The van der Waals surface area contributed by atoms with Crippen LogP contribution in [0.2, 0.25) is 0 Å². The van der Waals surface area contributed by atoms with E-state index in [9.17, 15) is 9.59 Å². The summed E-state index contributed by atoms with van der Waals surface area (Å²) in [5.74, 6) is 0.0215. The first kappa shape index (κ1) is 9.58. The van der Waals surface area contributed by atoms with E-state index in [4.69, 9.17) is 0 Å². The Bertz CT molecular complexity index is 464. The molecule has 0 fully saturated rings. The molecular weight excluding hydrogens is 192 g/mol. The zero-order chi connectivity index (χ0) is 10.8. The molecule has 15 heavy (non-hydrogen) atoms. The van der Waals surface area contributed by atoms with Gasteiger partial charge in [0.25, 0.3) is 0 Å². The van der Waals surface area contributed by atoms with Crippen molar-refractivity contribution in [3.63, 3.8) is 0 Å². The van der Waals surface area contributed by atoms with Gasteiger partial charge < -0.3 is 5.32 Å². The number of ketones is 1. The average Bonchev–Trinajstić information content (AvgIpc) is 2.24. The SMILES string of the molecule is CC1=NCC(=O)c2ccc(NC=O)cc21. The van der Waals surface area contributed by atoms with Gasteiger partial charge in [0.2, 0.25) is 6.41 Å². The van der Waals surface area contributed by atoms with Crippen molar-refractivity contribution in [3.8, 4) is 0 Å². The second-order valence-corrected chi connectivity index (χ2v) is 3.35. The van der Waals surface area contributed by atoms with Crippen LogP contribution < -0.4 is 5.32 Å². The molecule has 1 N–H and O–H groups in total. The van der Waals surface area contributed by atoms with Gasteiger partial charge in [0.15, 0.2) is 5.78 Å². The highest BCUT2D eigenvalue weighted by atomic mass is 16.1. The number of hydrogen-bond donors (Lipinski definition) is 1. The van der Waals surface area contributed by atoms with Crippen molar-refractivity contribution in [2.24, 2.45) is 4.99 Å². The second-order valence-electron chi connectivity index (χ2n) is 3.35. The molecule has 1 heterocycles. The molecular formula is C11H10N2O2. The van der Waals surface area contributed by atoms with Gasteiger partial charge in [0.05, 0.1) is 0 Å². The summed E-state index contributed by atoms with van der Waals surface area (Å²) in [6.07, 6.45) is 0.610. The standard InChI is InChI=1S/C11H10N2O2/c1-7-10-4-8(13-6-14)2-3-9(10)11(15)5-12-7/h2-4,6H,5H2,1H3,(H,13,14). The van der Waals surface area contributed by atoms with Crippen molar-refractivity contribution >= 4 is 23.6 Å². The van der Waals surface area contributed by atoms with Crippen LogP contribution in [-0.4, -0.2) is 24.4 Å². The number of amides is 1. The summed E-state index contributed by atoms with van der Waals surface area (Å²) in [7, 11) is 0. The number of carbonyl (C=O) groups excluding carboxylic acids is 2. The average molecular weight is 202 g/mol. The first-order valence-corrected chi connectivity index (χ1v) is 4.61. The summed E-state index contributed by atoms with van der Waals surface area (Å²) in [5, 5.41) is 2.55. The van der Waals surface area contributed by atoms with Gasteiger partial charge in [-0.1, -0.05) is 0 Å². The Labute approximate surface area is 87.0 Å². The number of aliphatic imine (C=N–C) groups is 1. The molecule has 0 unspecified atom stereocenters.